The van der Waals surface area contributed by atoms with Crippen molar-refractivity contribution < 1.29 is 19.2 Å². The van der Waals surface area contributed by atoms with Crippen LogP contribution in [0.15, 0.2) is 4.52 Å². The van der Waals surface area contributed by atoms with E-state index in [0.29, 0.717) is 18.0 Å². The first-order valence-electron chi connectivity index (χ1n) is 5.47. The molecular weight excluding hydrogens is 238 g/mol. The molecule has 0 spiro atoms. The van der Waals surface area contributed by atoms with Gasteiger partial charge in [-0.1, -0.05) is 5.16 Å². The molecule has 0 saturated carbocycles. The van der Waals surface area contributed by atoms with Crippen LogP contribution in [0.4, 0.5) is 0 Å². The van der Waals surface area contributed by atoms with Gasteiger partial charge in [-0.05, 0) is 13.8 Å². The van der Waals surface area contributed by atoms with E-state index in [0.717, 1.165) is 5.56 Å². The maximum absolute atomic E-state index is 11.8. The van der Waals surface area contributed by atoms with Crippen molar-refractivity contribution in [3.05, 3.63) is 17.0 Å². The summed E-state index contributed by atoms with van der Waals surface area (Å²) >= 11 is 0. The molecule has 1 atom stereocenters. The Bertz CT molecular complexity index is 436. The number of aromatic nitrogens is 1. The smallest absolute Gasteiger partial charge is 0.305 e. The molecule has 7 heteroatoms. The summed E-state index contributed by atoms with van der Waals surface area (Å²) in [6.45, 7) is 3.83. The fourth-order valence-corrected chi connectivity index (χ4v) is 1.60. The predicted molar refractivity (Wildman–Crippen MR) is 62.7 cm³/mol. The Kier molecular flexibility index (Phi) is 4.43. The quantitative estimate of drug-likeness (QED) is 0.769. The van der Waals surface area contributed by atoms with Crippen molar-refractivity contribution in [3.63, 3.8) is 0 Å². The minimum absolute atomic E-state index is 0.299. The number of amides is 1. The van der Waals surface area contributed by atoms with Crippen molar-refractivity contribution >= 4 is 11.9 Å². The molecule has 100 valence electrons. The number of carbonyl (C=O) groups is 2. The van der Waals surface area contributed by atoms with Crippen molar-refractivity contribution in [2.45, 2.75) is 32.9 Å². The lowest BCUT2D eigenvalue weighted by molar-refractivity contribution is -0.141. The van der Waals surface area contributed by atoms with E-state index in [2.05, 4.69) is 5.16 Å². The van der Waals surface area contributed by atoms with Gasteiger partial charge in [0.1, 0.15) is 5.76 Å². The number of rotatable bonds is 5. The van der Waals surface area contributed by atoms with Gasteiger partial charge in [-0.15, -0.1) is 0 Å². The number of aryl methyl sites for hydroxylation is 2. The first-order valence-corrected chi connectivity index (χ1v) is 5.47. The minimum atomic E-state index is -1.10. The van der Waals surface area contributed by atoms with E-state index < -0.39 is 17.9 Å². The summed E-state index contributed by atoms with van der Waals surface area (Å²) in [5.74, 6) is -0.877. The topological polar surface area (TPSA) is 110 Å². The van der Waals surface area contributed by atoms with Crippen molar-refractivity contribution in [3.8, 4) is 0 Å². The number of hydrogen-bond donors (Lipinski definition) is 2. The lowest BCUT2D eigenvalue weighted by atomic mass is 10.1. The fraction of sp³-hybridized carbons (Fsp3) is 0.545. The molecular formula is C11H17N3O4. The number of likely N-dealkylation sites (N-methyl/N-ethyl adjacent to an activating group) is 1. The largest absolute Gasteiger partial charge is 0.481 e. The van der Waals surface area contributed by atoms with Gasteiger partial charge in [-0.25, -0.2) is 0 Å². The van der Waals surface area contributed by atoms with E-state index in [1.54, 1.807) is 20.9 Å². The summed E-state index contributed by atoms with van der Waals surface area (Å²) in [7, 11) is 1.57. The maximum atomic E-state index is 11.8. The molecule has 1 heterocycles. The summed E-state index contributed by atoms with van der Waals surface area (Å²) in [5.41, 5.74) is 7.03. The SMILES string of the molecule is Cc1noc(C)c1CN(C)C(=O)C(N)CC(=O)O. The average Bonchev–Trinajstić information content (AvgIpc) is 2.58. The highest BCUT2D eigenvalue weighted by molar-refractivity contribution is 5.85. The number of carboxylic acids is 1. The second kappa shape index (κ2) is 5.63. The second-order valence-corrected chi connectivity index (χ2v) is 4.20. The average molecular weight is 255 g/mol. The summed E-state index contributed by atoms with van der Waals surface area (Å²) < 4.78 is 4.99. The van der Waals surface area contributed by atoms with Gasteiger partial charge in [-0.2, -0.15) is 0 Å². The fourth-order valence-electron chi connectivity index (χ4n) is 1.60. The van der Waals surface area contributed by atoms with Crippen LogP contribution in [0.2, 0.25) is 0 Å². The Morgan fingerprint density at radius 3 is 2.56 bits per heavy atom. The third kappa shape index (κ3) is 3.30. The molecule has 0 radical (unpaired) electrons. The van der Waals surface area contributed by atoms with Crippen LogP contribution in [0, 0.1) is 13.8 Å². The molecule has 3 N–H and O–H groups in total. The van der Waals surface area contributed by atoms with Gasteiger partial charge >= 0.3 is 5.97 Å². The summed E-state index contributed by atoms with van der Waals surface area (Å²) in [6, 6.07) is -1.03. The van der Waals surface area contributed by atoms with Gasteiger partial charge in [0, 0.05) is 12.6 Å². The zero-order chi connectivity index (χ0) is 13.9. The third-order valence-electron chi connectivity index (χ3n) is 2.66. The van der Waals surface area contributed by atoms with Gasteiger partial charge in [0.15, 0.2) is 0 Å². The van der Waals surface area contributed by atoms with Crippen LogP contribution in [0.5, 0.6) is 0 Å². The Labute approximate surface area is 105 Å². The van der Waals surface area contributed by atoms with Crippen LogP contribution in [0.1, 0.15) is 23.4 Å². The van der Waals surface area contributed by atoms with E-state index in [1.807, 2.05) is 0 Å². The number of nitrogens with two attached hydrogens (primary N) is 1. The molecule has 0 fully saturated rings. The minimum Gasteiger partial charge on any atom is -0.481 e. The lowest BCUT2D eigenvalue weighted by Crippen LogP contribution is -2.42. The monoisotopic (exact) mass is 255 g/mol. The molecule has 7 nitrogen and oxygen atoms in total. The van der Waals surface area contributed by atoms with Crippen molar-refractivity contribution in [2.24, 2.45) is 5.73 Å². The first-order chi connectivity index (χ1) is 8.32. The normalized spacial score (nSPS) is 12.2. The van der Waals surface area contributed by atoms with Gasteiger partial charge < -0.3 is 20.3 Å². The van der Waals surface area contributed by atoms with Crippen LogP contribution in [-0.2, 0) is 16.1 Å². The van der Waals surface area contributed by atoms with Gasteiger partial charge in [0.05, 0.1) is 24.7 Å². The highest BCUT2D eigenvalue weighted by Crippen LogP contribution is 2.14. The molecule has 1 rings (SSSR count). The van der Waals surface area contributed by atoms with Crippen LogP contribution >= 0.6 is 0 Å². The Balaban J connectivity index is 2.68. The number of aliphatic carboxylic acids is 1. The molecule has 0 saturated heterocycles. The number of nitrogens with zero attached hydrogens (tertiary/aromatic N) is 2. The Morgan fingerprint density at radius 2 is 2.11 bits per heavy atom. The molecule has 0 aliphatic heterocycles. The number of carboxylic acid groups (broad SMARTS) is 1. The van der Waals surface area contributed by atoms with E-state index in [9.17, 15) is 9.59 Å². The zero-order valence-corrected chi connectivity index (χ0v) is 10.6. The molecule has 0 aliphatic rings. The van der Waals surface area contributed by atoms with Crippen LogP contribution < -0.4 is 5.73 Å². The first kappa shape index (κ1) is 14.2. The van der Waals surface area contributed by atoms with Gasteiger partial charge in [0.25, 0.3) is 0 Å². The maximum Gasteiger partial charge on any atom is 0.305 e. The molecule has 1 aromatic rings. The highest BCUT2D eigenvalue weighted by Gasteiger charge is 2.22. The molecule has 1 aromatic heterocycles. The van der Waals surface area contributed by atoms with Gasteiger partial charge in [0.2, 0.25) is 5.91 Å². The van der Waals surface area contributed by atoms with Crippen LogP contribution in [0.25, 0.3) is 0 Å². The van der Waals surface area contributed by atoms with Crippen LogP contribution in [-0.4, -0.2) is 40.1 Å². The van der Waals surface area contributed by atoms with Crippen LogP contribution in [0.3, 0.4) is 0 Å². The summed E-state index contributed by atoms with van der Waals surface area (Å²) in [4.78, 5) is 23.7. The van der Waals surface area contributed by atoms with E-state index in [1.165, 1.54) is 4.90 Å². The molecule has 18 heavy (non-hydrogen) atoms. The summed E-state index contributed by atoms with van der Waals surface area (Å²) in [6.07, 6.45) is -0.384. The lowest BCUT2D eigenvalue weighted by Gasteiger charge is -2.20. The molecule has 1 unspecified atom stereocenters. The molecule has 1 amide bonds. The Hall–Kier alpha value is -1.89. The van der Waals surface area contributed by atoms with E-state index in [4.69, 9.17) is 15.4 Å². The second-order valence-electron chi connectivity index (χ2n) is 4.20. The van der Waals surface area contributed by atoms with Gasteiger partial charge in [-0.3, -0.25) is 9.59 Å². The van der Waals surface area contributed by atoms with Crippen molar-refractivity contribution in [1.82, 2.24) is 10.1 Å². The standard InChI is InChI=1S/C11H17N3O4/c1-6-8(7(2)18-13-6)5-14(3)11(17)9(12)4-10(15)16/h9H,4-5,12H2,1-3H3,(H,15,16). The van der Waals surface area contributed by atoms with E-state index >= 15 is 0 Å². The molecule has 0 bridgehead atoms. The number of hydrogen-bond acceptors (Lipinski definition) is 5. The Morgan fingerprint density at radius 1 is 1.50 bits per heavy atom. The van der Waals surface area contributed by atoms with Crippen molar-refractivity contribution in [2.75, 3.05) is 7.05 Å². The molecule has 0 aromatic carbocycles. The van der Waals surface area contributed by atoms with E-state index in [-0.39, 0.29) is 6.42 Å². The third-order valence-corrected chi connectivity index (χ3v) is 2.66. The number of carbonyl (C=O) groups excluding carboxylic acids is 1. The summed E-state index contributed by atoms with van der Waals surface area (Å²) in [5, 5.41) is 12.4. The highest BCUT2D eigenvalue weighted by atomic mass is 16.5. The molecule has 0 aliphatic carbocycles. The van der Waals surface area contributed by atoms with Crippen molar-refractivity contribution in [1.29, 1.82) is 0 Å². The zero-order valence-electron chi connectivity index (χ0n) is 10.6. The predicted octanol–water partition coefficient (Wildman–Crippen LogP) is 0.0518.